The van der Waals surface area contributed by atoms with Gasteiger partial charge >= 0.3 is 0 Å². The molecule has 0 radical (unpaired) electrons. The second-order valence-electron chi connectivity index (χ2n) is 6.36. The van der Waals surface area contributed by atoms with Crippen molar-refractivity contribution in [2.45, 2.75) is 39.5 Å². The summed E-state index contributed by atoms with van der Waals surface area (Å²) in [5.74, 6) is 1.81. The summed E-state index contributed by atoms with van der Waals surface area (Å²) < 4.78 is 0. The van der Waals surface area contributed by atoms with Crippen molar-refractivity contribution in [3.05, 3.63) is 22.4 Å². The van der Waals surface area contributed by atoms with E-state index in [-0.39, 0.29) is 0 Å². The van der Waals surface area contributed by atoms with Crippen LogP contribution in [-0.4, -0.2) is 37.6 Å². The Bertz CT molecular complexity index is 348. The van der Waals surface area contributed by atoms with Crippen LogP contribution in [0.3, 0.4) is 0 Å². The largest absolute Gasteiger partial charge is 0.315 e. The van der Waals surface area contributed by atoms with Crippen LogP contribution < -0.4 is 5.32 Å². The van der Waals surface area contributed by atoms with Gasteiger partial charge in [-0.2, -0.15) is 0 Å². The maximum absolute atomic E-state index is 3.59. The van der Waals surface area contributed by atoms with Crippen LogP contribution in [0.5, 0.6) is 0 Å². The molecule has 1 aromatic heterocycles. The van der Waals surface area contributed by atoms with E-state index in [1.807, 2.05) is 11.3 Å². The van der Waals surface area contributed by atoms with Gasteiger partial charge in [-0.05, 0) is 62.1 Å². The molecule has 0 aromatic carbocycles. The minimum Gasteiger partial charge on any atom is -0.315 e. The Balaban J connectivity index is 1.55. The zero-order chi connectivity index (χ0) is 14.2. The molecule has 1 fully saturated rings. The number of hydrogen-bond donors (Lipinski definition) is 1. The molecule has 2 rings (SSSR count). The van der Waals surface area contributed by atoms with Crippen LogP contribution >= 0.6 is 11.3 Å². The number of likely N-dealkylation sites (tertiary alicyclic amines) is 1. The Morgan fingerprint density at radius 3 is 2.95 bits per heavy atom. The van der Waals surface area contributed by atoms with Gasteiger partial charge in [0.05, 0.1) is 0 Å². The first-order chi connectivity index (χ1) is 9.75. The van der Waals surface area contributed by atoms with E-state index in [1.54, 1.807) is 0 Å². The second kappa shape index (κ2) is 8.81. The molecule has 3 heteroatoms. The van der Waals surface area contributed by atoms with E-state index in [1.165, 1.54) is 50.2 Å². The molecular weight excluding hydrogens is 264 g/mol. The summed E-state index contributed by atoms with van der Waals surface area (Å²) in [6.07, 6.45) is 5.39. The van der Waals surface area contributed by atoms with Gasteiger partial charge in [0.1, 0.15) is 0 Å². The van der Waals surface area contributed by atoms with Crippen LogP contribution in [0.4, 0.5) is 0 Å². The van der Waals surface area contributed by atoms with Gasteiger partial charge in [-0.1, -0.05) is 19.9 Å². The molecule has 1 atom stereocenters. The van der Waals surface area contributed by atoms with Gasteiger partial charge in [-0.25, -0.2) is 0 Å². The Labute approximate surface area is 128 Å². The lowest BCUT2D eigenvalue weighted by molar-refractivity contribution is 0.272. The molecule has 2 nitrogen and oxygen atoms in total. The van der Waals surface area contributed by atoms with Gasteiger partial charge in [0.25, 0.3) is 0 Å². The van der Waals surface area contributed by atoms with Crippen LogP contribution in [0, 0.1) is 11.8 Å². The minimum absolute atomic E-state index is 0.860. The summed E-state index contributed by atoms with van der Waals surface area (Å²) in [7, 11) is 0. The first-order valence-electron chi connectivity index (χ1n) is 8.21. The van der Waals surface area contributed by atoms with Crippen LogP contribution in [0.2, 0.25) is 0 Å². The molecule has 1 aromatic rings. The number of hydrogen-bond acceptors (Lipinski definition) is 3. The highest BCUT2D eigenvalue weighted by molar-refractivity contribution is 7.09. The number of nitrogens with zero attached hydrogens (tertiary/aromatic N) is 1. The topological polar surface area (TPSA) is 15.3 Å². The molecule has 1 N–H and O–H groups in total. The van der Waals surface area contributed by atoms with Crippen molar-refractivity contribution >= 4 is 11.3 Å². The van der Waals surface area contributed by atoms with Crippen molar-refractivity contribution in [2.75, 3.05) is 32.7 Å². The van der Waals surface area contributed by atoms with Crippen molar-refractivity contribution in [3.8, 4) is 0 Å². The van der Waals surface area contributed by atoms with Crippen molar-refractivity contribution < 1.29 is 0 Å². The molecule has 1 unspecified atom stereocenters. The number of thiophene rings is 1. The SMILES string of the molecule is CC(C)C1CCCN(CCNCCc2cccs2)CC1. The highest BCUT2D eigenvalue weighted by Crippen LogP contribution is 2.24. The lowest BCUT2D eigenvalue weighted by atomic mass is 9.89. The third-order valence-electron chi connectivity index (χ3n) is 4.54. The van der Waals surface area contributed by atoms with E-state index in [9.17, 15) is 0 Å². The third kappa shape index (κ3) is 5.55. The van der Waals surface area contributed by atoms with Crippen molar-refractivity contribution in [3.63, 3.8) is 0 Å². The van der Waals surface area contributed by atoms with Crippen molar-refractivity contribution in [1.82, 2.24) is 10.2 Å². The summed E-state index contributed by atoms with van der Waals surface area (Å²) in [5, 5.41) is 5.75. The quantitative estimate of drug-likeness (QED) is 0.772. The summed E-state index contributed by atoms with van der Waals surface area (Å²) in [5.41, 5.74) is 0. The summed E-state index contributed by atoms with van der Waals surface area (Å²) in [6.45, 7) is 10.8. The first kappa shape index (κ1) is 16.0. The van der Waals surface area contributed by atoms with Gasteiger partial charge in [0.15, 0.2) is 0 Å². The van der Waals surface area contributed by atoms with Crippen LogP contribution in [-0.2, 0) is 6.42 Å². The van der Waals surface area contributed by atoms with Crippen LogP contribution in [0.1, 0.15) is 38.0 Å². The van der Waals surface area contributed by atoms with E-state index in [0.29, 0.717) is 0 Å². The smallest absolute Gasteiger partial charge is 0.0107 e. The molecule has 0 amide bonds. The molecule has 2 heterocycles. The fraction of sp³-hybridized carbons (Fsp3) is 0.765. The third-order valence-corrected chi connectivity index (χ3v) is 5.48. The van der Waals surface area contributed by atoms with E-state index in [4.69, 9.17) is 0 Å². The lowest BCUT2D eigenvalue weighted by Gasteiger charge is -2.21. The predicted octanol–water partition coefficient (Wildman–Crippen LogP) is 3.64. The zero-order valence-corrected chi connectivity index (χ0v) is 13.9. The molecule has 0 spiro atoms. The van der Waals surface area contributed by atoms with Gasteiger partial charge in [-0.3, -0.25) is 0 Å². The molecule has 114 valence electrons. The van der Waals surface area contributed by atoms with Crippen molar-refractivity contribution in [1.29, 1.82) is 0 Å². The summed E-state index contributed by atoms with van der Waals surface area (Å²) in [6, 6.07) is 4.37. The fourth-order valence-corrected chi connectivity index (χ4v) is 3.81. The number of nitrogens with one attached hydrogen (secondary N) is 1. The molecular formula is C17H30N2S. The zero-order valence-electron chi connectivity index (χ0n) is 13.1. The molecule has 0 bridgehead atoms. The van der Waals surface area contributed by atoms with Crippen molar-refractivity contribution in [2.24, 2.45) is 11.8 Å². The summed E-state index contributed by atoms with van der Waals surface area (Å²) in [4.78, 5) is 4.15. The predicted molar refractivity (Wildman–Crippen MR) is 89.5 cm³/mol. The molecule has 20 heavy (non-hydrogen) atoms. The van der Waals surface area contributed by atoms with Crippen LogP contribution in [0.25, 0.3) is 0 Å². The monoisotopic (exact) mass is 294 g/mol. The fourth-order valence-electron chi connectivity index (χ4n) is 3.10. The minimum atomic E-state index is 0.860. The standard InChI is InChI=1S/C17H30N2S/c1-15(2)16-5-3-11-19(12-8-16)13-10-18-9-7-17-6-4-14-20-17/h4,6,14-16,18H,3,5,7-13H2,1-2H3. The highest BCUT2D eigenvalue weighted by Gasteiger charge is 2.18. The van der Waals surface area contributed by atoms with Gasteiger partial charge in [0, 0.05) is 24.5 Å². The maximum Gasteiger partial charge on any atom is 0.0107 e. The van der Waals surface area contributed by atoms with Gasteiger partial charge in [-0.15, -0.1) is 11.3 Å². The van der Waals surface area contributed by atoms with Crippen LogP contribution in [0.15, 0.2) is 17.5 Å². The Morgan fingerprint density at radius 2 is 2.20 bits per heavy atom. The Kier molecular flexibility index (Phi) is 7.05. The normalized spacial score (nSPS) is 21.2. The summed E-state index contributed by atoms with van der Waals surface area (Å²) >= 11 is 1.86. The average molecular weight is 295 g/mol. The first-order valence-corrected chi connectivity index (χ1v) is 9.09. The average Bonchev–Trinajstić information content (AvgIpc) is 2.82. The number of rotatable bonds is 7. The Hall–Kier alpha value is -0.380. The van der Waals surface area contributed by atoms with Gasteiger partial charge < -0.3 is 10.2 Å². The highest BCUT2D eigenvalue weighted by atomic mass is 32.1. The lowest BCUT2D eigenvalue weighted by Crippen LogP contribution is -2.33. The second-order valence-corrected chi connectivity index (χ2v) is 7.39. The van der Waals surface area contributed by atoms with E-state index < -0.39 is 0 Å². The molecule has 0 saturated carbocycles. The van der Waals surface area contributed by atoms with Gasteiger partial charge in [0.2, 0.25) is 0 Å². The molecule has 1 aliphatic heterocycles. The van der Waals surface area contributed by atoms with E-state index in [0.717, 1.165) is 24.9 Å². The molecule has 1 saturated heterocycles. The molecule has 0 aliphatic carbocycles. The van der Waals surface area contributed by atoms with E-state index >= 15 is 0 Å². The maximum atomic E-state index is 3.59. The Morgan fingerprint density at radius 1 is 1.30 bits per heavy atom. The van der Waals surface area contributed by atoms with E-state index in [2.05, 4.69) is 41.6 Å². The molecule has 1 aliphatic rings.